The van der Waals surface area contributed by atoms with Gasteiger partial charge in [-0.1, -0.05) is 12.5 Å². The molecule has 156 valence electrons. The lowest BCUT2D eigenvalue weighted by molar-refractivity contribution is 0.0224. The predicted molar refractivity (Wildman–Crippen MR) is 112 cm³/mol. The number of ether oxygens (including phenoxy) is 2. The first-order valence-electron chi connectivity index (χ1n) is 10.8. The van der Waals surface area contributed by atoms with Gasteiger partial charge < -0.3 is 19.3 Å². The summed E-state index contributed by atoms with van der Waals surface area (Å²) in [5.74, 6) is 0.941. The molecule has 0 bridgehead atoms. The van der Waals surface area contributed by atoms with Crippen molar-refractivity contribution in [2.24, 2.45) is 0 Å². The largest absolute Gasteiger partial charge is 0.494 e. The fraction of sp³-hybridized carbons (Fsp3) is 0.696. The fourth-order valence-electron chi connectivity index (χ4n) is 4.05. The van der Waals surface area contributed by atoms with Gasteiger partial charge in [-0.05, 0) is 83.2 Å². The van der Waals surface area contributed by atoms with E-state index >= 15 is 0 Å². The third kappa shape index (κ3) is 5.87. The van der Waals surface area contributed by atoms with Crippen LogP contribution in [0.2, 0.25) is 0 Å². The molecule has 0 N–H and O–H groups in total. The average molecular weight is 389 g/mol. The van der Waals surface area contributed by atoms with Crippen LogP contribution in [0.3, 0.4) is 0 Å². The first-order valence-corrected chi connectivity index (χ1v) is 10.8. The molecule has 0 aromatic heterocycles. The summed E-state index contributed by atoms with van der Waals surface area (Å²) in [6.07, 6.45) is 5.70. The minimum absolute atomic E-state index is 0.231. The van der Waals surface area contributed by atoms with Crippen LogP contribution in [0.25, 0.3) is 0 Å². The van der Waals surface area contributed by atoms with E-state index in [0.717, 1.165) is 31.7 Å². The Kier molecular flexibility index (Phi) is 6.86. The van der Waals surface area contributed by atoms with Gasteiger partial charge in [-0.3, -0.25) is 0 Å². The highest BCUT2D eigenvalue weighted by atomic mass is 16.6. The molecule has 1 fully saturated rings. The van der Waals surface area contributed by atoms with Crippen LogP contribution in [-0.2, 0) is 17.7 Å². The highest BCUT2D eigenvalue weighted by Gasteiger charge is 2.26. The lowest BCUT2D eigenvalue weighted by Crippen LogP contribution is -2.39. The van der Waals surface area contributed by atoms with Crippen molar-refractivity contribution in [1.82, 2.24) is 9.80 Å². The van der Waals surface area contributed by atoms with Crippen molar-refractivity contribution in [3.8, 4) is 5.75 Å². The Hall–Kier alpha value is -1.75. The minimum Gasteiger partial charge on any atom is -0.494 e. The second-order valence-electron chi connectivity index (χ2n) is 9.17. The molecule has 1 atom stereocenters. The van der Waals surface area contributed by atoms with Gasteiger partial charge in [-0.2, -0.15) is 0 Å². The van der Waals surface area contributed by atoms with Crippen LogP contribution < -0.4 is 4.74 Å². The second-order valence-corrected chi connectivity index (χ2v) is 9.17. The molecule has 0 spiro atoms. The summed E-state index contributed by atoms with van der Waals surface area (Å²) in [4.78, 5) is 16.7. The number of fused-ring (bicyclic) bond motifs is 1. The van der Waals surface area contributed by atoms with Gasteiger partial charge in [0, 0.05) is 25.7 Å². The molecular weight excluding hydrogens is 352 g/mol. The lowest BCUT2D eigenvalue weighted by atomic mass is 10.00. The zero-order chi connectivity index (χ0) is 20.1. The van der Waals surface area contributed by atoms with Gasteiger partial charge >= 0.3 is 6.09 Å². The molecule has 1 saturated heterocycles. The third-order valence-electron chi connectivity index (χ3n) is 5.64. The topological polar surface area (TPSA) is 42.0 Å². The first-order chi connectivity index (χ1) is 13.3. The molecule has 2 heterocycles. The van der Waals surface area contributed by atoms with Crippen molar-refractivity contribution in [3.63, 3.8) is 0 Å². The number of amides is 1. The van der Waals surface area contributed by atoms with E-state index in [-0.39, 0.29) is 6.09 Å². The van der Waals surface area contributed by atoms with Gasteiger partial charge in [-0.25, -0.2) is 4.79 Å². The Labute approximate surface area is 170 Å². The molecule has 1 aromatic rings. The van der Waals surface area contributed by atoms with Crippen molar-refractivity contribution >= 4 is 6.09 Å². The van der Waals surface area contributed by atoms with Crippen molar-refractivity contribution in [1.29, 1.82) is 0 Å². The van der Waals surface area contributed by atoms with E-state index in [1.165, 1.54) is 36.9 Å². The fourth-order valence-corrected chi connectivity index (χ4v) is 4.05. The summed E-state index contributed by atoms with van der Waals surface area (Å²) in [6.45, 7) is 12.5. The van der Waals surface area contributed by atoms with Crippen LogP contribution in [0.15, 0.2) is 18.2 Å². The van der Waals surface area contributed by atoms with Crippen molar-refractivity contribution in [2.75, 3.05) is 26.2 Å². The molecule has 0 aliphatic carbocycles. The van der Waals surface area contributed by atoms with Crippen LogP contribution >= 0.6 is 0 Å². The SMILES string of the molecule is CC1CCCCN1CCCOc1ccc2c(c1)CCN(C(=O)OC(C)(C)C)C2. The van der Waals surface area contributed by atoms with E-state index in [9.17, 15) is 4.79 Å². The van der Waals surface area contributed by atoms with Crippen molar-refractivity contribution in [3.05, 3.63) is 29.3 Å². The summed E-state index contributed by atoms with van der Waals surface area (Å²) in [5, 5.41) is 0. The predicted octanol–water partition coefficient (Wildman–Crippen LogP) is 4.62. The summed E-state index contributed by atoms with van der Waals surface area (Å²) < 4.78 is 11.5. The van der Waals surface area contributed by atoms with Gasteiger partial charge in [0.1, 0.15) is 11.4 Å². The van der Waals surface area contributed by atoms with Gasteiger partial charge in [-0.15, -0.1) is 0 Å². The molecular formula is C23H36N2O3. The average Bonchev–Trinajstić information content (AvgIpc) is 2.64. The van der Waals surface area contributed by atoms with Crippen LogP contribution in [0, 0.1) is 0 Å². The van der Waals surface area contributed by atoms with Crippen LogP contribution in [0.5, 0.6) is 5.75 Å². The molecule has 1 amide bonds. The zero-order valence-corrected chi connectivity index (χ0v) is 18.0. The third-order valence-corrected chi connectivity index (χ3v) is 5.64. The number of rotatable bonds is 5. The summed E-state index contributed by atoms with van der Waals surface area (Å²) in [5.41, 5.74) is 2.01. The van der Waals surface area contributed by atoms with Crippen LogP contribution in [-0.4, -0.2) is 53.8 Å². The molecule has 2 aliphatic rings. The van der Waals surface area contributed by atoms with E-state index in [1.54, 1.807) is 4.90 Å². The summed E-state index contributed by atoms with van der Waals surface area (Å²) >= 11 is 0. The lowest BCUT2D eigenvalue weighted by Gasteiger charge is -2.33. The smallest absolute Gasteiger partial charge is 0.410 e. The quantitative estimate of drug-likeness (QED) is 0.690. The van der Waals surface area contributed by atoms with Crippen molar-refractivity contribution in [2.45, 2.75) is 78.0 Å². The Morgan fingerprint density at radius 2 is 2.00 bits per heavy atom. The van der Waals surface area contributed by atoms with Crippen LogP contribution in [0.4, 0.5) is 4.79 Å². The maximum atomic E-state index is 12.3. The van der Waals surface area contributed by atoms with E-state index in [2.05, 4.69) is 24.0 Å². The summed E-state index contributed by atoms with van der Waals surface area (Å²) in [6, 6.07) is 6.98. The molecule has 28 heavy (non-hydrogen) atoms. The molecule has 5 nitrogen and oxygen atoms in total. The maximum absolute atomic E-state index is 12.3. The second kappa shape index (κ2) is 9.17. The number of hydrogen-bond acceptors (Lipinski definition) is 4. The molecule has 1 unspecified atom stereocenters. The number of hydrogen-bond donors (Lipinski definition) is 0. The van der Waals surface area contributed by atoms with Gasteiger partial charge in [0.15, 0.2) is 0 Å². The minimum atomic E-state index is -0.457. The summed E-state index contributed by atoms with van der Waals surface area (Å²) in [7, 11) is 0. The Morgan fingerprint density at radius 3 is 2.75 bits per heavy atom. The van der Waals surface area contributed by atoms with E-state index < -0.39 is 5.60 Å². The number of benzene rings is 1. The molecule has 1 aromatic carbocycles. The first kappa shape index (κ1) is 21.0. The van der Waals surface area contributed by atoms with Gasteiger partial charge in [0.2, 0.25) is 0 Å². The Morgan fingerprint density at radius 1 is 1.18 bits per heavy atom. The molecule has 0 radical (unpaired) electrons. The number of carbonyl (C=O) groups is 1. The monoisotopic (exact) mass is 388 g/mol. The number of nitrogens with zero attached hydrogens (tertiary/aromatic N) is 2. The molecule has 0 saturated carbocycles. The van der Waals surface area contributed by atoms with E-state index in [4.69, 9.17) is 9.47 Å². The normalized spacial score (nSPS) is 20.6. The van der Waals surface area contributed by atoms with E-state index in [1.807, 2.05) is 26.8 Å². The maximum Gasteiger partial charge on any atom is 0.410 e. The Bertz CT molecular complexity index is 668. The van der Waals surface area contributed by atoms with Crippen molar-refractivity contribution < 1.29 is 14.3 Å². The highest BCUT2D eigenvalue weighted by Crippen LogP contribution is 2.25. The van der Waals surface area contributed by atoms with Crippen LogP contribution in [0.1, 0.15) is 64.5 Å². The number of piperidine rings is 1. The molecule has 3 rings (SSSR count). The van der Waals surface area contributed by atoms with E-state index in [0.29, 0.717) is 19.1 Å². The molecule has 2 aliphatic heterocycles. The van der Waals surface area contributed by atoms with Gasteiger partial charge in [0.25, 0.3) is 0 Å². The Balaban J connectivity index is 1.46. The van der Waals surface area contributed by atoms with Gasteiger partial charge in [0.05, 0.1) is 6.61 Å². The zero-order valence-electron chi connectivity index (χ0n) is 18.0. The standard InChI is InChI=1S/C23H36N2O3/c1-18-8-5-6-12-24(18)13-7-15-27-21-10-9-20-17-25(14-11-19(20)16-21)22(26)28-23(2,3)4/h9-10,16,18H,5-8,11-15,17H2,1-4H3. The highest BCUT2D eigenvalue weighted by molar-refractivity contribution is 5.68. The molecule has 5 heteroatoms. The number of likely N-dealkylation sites (tertiary alicyclic amines) is 1. The number of carbonyl (C=O) groups excluding carboxylic acids is 1.